The van der Waals surface area contributed by atoms with Crippen molar-refractivity contribution >= 4 is 49.1 Å². The molecule has 0 unspecified atom stereocenters. The molecular formula is C19H20Br2N2O3. The third kappa shape index (κ3) is 4.87. The van der Waals surface area contributed by atoms with Gasteiger partial charge in [0, 0.05) is 15.5 Å². The minimum atomic E-state index is -1.03. The Labute approximate surface area is 169 Å². The molecule has 26 heavy (non-hydrogen) atoms. The first kappa shape index (κ1) is 20.5. The van der Waals surface area contributed by atoms with E-state index >= 15 is 0 Å². The first-order valence-corrected chi connectivity index (χ1v) is 9.41. The van der Waals surface area contributed by atoms with Crippen LogP contribution in [0.2, 0.25) is 0 Å². The van der Waals surface area contributed by atoms with E-state index in [4.69, 9.17) is 5.73 Å². The van der Waals surface area contributed by atoms with Crippen LogP contribution in [0.1, 0.15) is 25.5 Å². The number of aliphatic hydroxyl groups excluding tert-OH is 1. The van der Waals surface area contributed by atoms with E-state index in [1.807, 2.05) is 0 Å². The van der Waals surface area contributed by atoms with Gasteiger partial charge in [0.05, 0.1) is 22.0 Å². The summed E-state index contributed by atoms with van der Waals surface area (Å²) in [5.74, 6) is -0.397. The predicted molar refractivity (Wildman–Crippen MR) is 111 cm³/mol. The number of hydrogen-bond donors (Lipinski definition) is 4. The lowest BCUT2D eigenvalue weighted by Crippen LogP contribution is -2.21. The van der Waals surface area contributed by atoms with Crippen molar-refractivity contribution in [1.82, 2.24) is 0 Å². The molecule has 1 amide bonds. The van der Waals surface area contributed by atoms with Gasteiger partial charge in [0.25, 0.3) is 0 Å². The van der Waals surface area contributed by atoms with Crippen LogP contribution in [0, 0.1) is 5.41 Å². The topological polar surface area (TPSA) is 95.6 Å². The molecule has 5 nitrogen and oxygen atoms in total. The third-order valence-corrected chi connectivity index (χ3v) is 5.00. The summed E-state index contributed by atoms with van der Waals surface area (Å²) in [6.07, 6.45) is 1.92. The standard InChI is InChI=1S/C19H20Br2N2O3/c1-19(2,18(26)12-9-11(20)10-13(21)17(12)25)8-7-16(24)23-15-6-4-3-5-14(15)22/h3-10,18,25-26H,22H2,1-2H3,(H,23,24)/b8-7+/t18-/m1/s1. The number of nitrogens with one attached hydrogen (secondary N) is 1. The van der Waals surface area contributed by atoms with E-state index < -0.39 is 11.5 Å². The predicted octanol–water partition coefficient (Wildman–Crippen LogP) is 4.75. The molecular weight excluding hydrogens is 464 g/mol. The largest absolute Gasteiger partial charge is 0.506 e. The highest BCUT2D eigenvalue weighted by atomic mass is 79.9. The summed E-state index contributed by atoms with van der Waals surface area (Å²) in [6, 6.07) is 10.3. The van der Waals surface area contributed by atoms with E-state index in [0.29, 0.717) is 25.9 Å². The number of rotatable bonds is 5. The molecule has 0 aromatic heterocycles. The molecule has 138 valence electrons. The zero-order chi connectivity index (χ0) is 19.5. The number of anilines is 2. The van der Waals surface area contributed by atoms with Crippen LogP contribution in [-0.2, 0) is 4.79 Å². The molecule has 0 saturated heterocycles. The van der Waals surface area contributed by atoms with Gasteiger partial charge in [-0.2, -0.15) is 0 Å². The molecule has 0 aliphatic rings. The number of phenolic OH excluding ortho intramolecular Hbond substituents is 1. The summed E-state index contributed by atoms with van der Waals surface area (Å²) in [6.45, 7) is 3.54. The summed E-state index contributed by atoms with van der Waals surface area (Å²) in [7, 11) is 0. The quantitative estimate of drug-likeness (QED) is 0.364. The van der Waals surface area contributed by atoms with E-state index in [-0.39, 0.29) is 11.7 Å². The van der Waals surface area contributed by atoms with Gasteiger partial charge in [0.2, 0.25) is 5.91 Å². The van der Waals surface area contributed by atoms with Gasteiger partial charge in [-0.05, 0) is 46.3 Å². The van der Waals surface area contributed by atoms with Crippen molar-refractivity contribution in [2.24, 2.45) is 5.41 Å². The molecule has 2 aromatic rings. The van der Waals surface area contributed by atoms with E-state index in [9.17, 15) is 15.0 Å². The number of hydrogen-bond acceptors (Lipinski definition) is 4. The fourth-order valence-corrected chi connectivity index (χ4v) is 3.62. The Bertz CT molecular complexity index is 851. The second-order valence-electron chi connectivity index (χ2n) is 6.46. The monoisotopic (exact) mass is 482 g/mol. The van der Waals surface area contributed by atoms with Crippen LogP contribution in [0.15, 0.2) is 57.5 Å². The molecule has 0 aliphatic heterocycles. The average molecular weight is 484 g/mol. The van der Waals surface area contributed by atoms with Crippen LogP contribution in [0.3, 0.4) is 0 Å². The van der Waals surface area contributed by atoms with Crippen molar-refractivity contribution in [3.63, 3.8) is 0 Å². The maximum atomic E-state index is 12.1. The van der Waals surface area contributed by atoms with Gasteiger partial charge in [-0.1, -0.05) is 48.0 Å². The van der Waals surface area contributed by atoms with Crippen molar-refractivity contribution in [3.05, 3.63) is 63.1 Å². The van der Waals surface area contributed by atoms with Gasteiger partial charge < -0.3 is 21.3 Å². The summed E-state index contributed by atoms with van der Waals surface area (Å²) in [5, 5.41) is 23.6. The zero-order valence-electron chi connectivity index (χ0n) is 14.3. The van der Waals surface area contributed by atoms with E-state index in [1.165, 1.54) is 6.08 Å². The number of para-hydroxylation sites is 2. The maximum absolute atomic E-state index is 12.1. The number of carbonyl (C=O) groups is 1. The Hall–Kier alpha value is -1.83. The molecule has 0 bridgehead atoms. The van der Waals surface area contributed by atoms with Gasteiger partial charge in [0.15, 0.2) is 0 Å². The molecule has 0 heterocycles. The SMILES string of the molecule is CC(C)(/C=C/C(=O)Nc1ccccc1N)[C@H](O)c1cc(Br)cc(Br)c1O. The molecule has 0 aliphatic carbocycles. The summed E-state index contributed by atoms with van der Waals surface area (Å²) in [5.41, 5.74) is 6.34. The number of nitrogens with two attached hydrogens (primary N) is 1. The molecule has 1 atom stereocenters. The van der Waals surface area contributed by atoms with Crippen molar-refractivity contribution < 1.29 is 15.0 Å². The summed E-state index contributed by atoms with van der Waals surface area (Å²) in [4.78, 5) is 12.1. The molecule has 2 aromatic carbocycles. The molecule has 7 heteroatoms. The van der Waals surface area contributed by atoms with E-state index in [0.717, 1.165) is 0 Å². The fourth-order valence-electron chi connectivity index (χ4n) is 2.36. The van der Waals surface area contributed by atoms with E-state index in [2.05, 4.69) is 37.2 Å². The molecule has 0 spiro atoms. The zero-order valence-corrected chi connectivity index (χ0v) is 17.5. The second kappa shape index (κ2) is 8.24. The lowest BCUT2D eigenvalue weighted by atomic mass is 9.82. The molecule has 0 fully saturated rings. The van der Waals surface area contributed by atoms with Crippen LogP contribution in [0.4, 0.5) is 11.4 Å². The lowest BCUT2D eigenvalue weighted by molar-refractivity contribution is -0.112. The number of aliphatic hydroxyl groups is 1. The molecule has 5 N–H and O–H groups in total. The molecule has 2 rings (SSSR count). The van der Waals surface area contributed by atoms with Crippen molar-refractivity contribution in [3.8, 4) is 5.75 Å². The van der Waals surface area contributed by atoms with Crippen molar-refractivity contribution in [2.75, 3.05) is 11.1 Å². The van der Waals surface area contributed by atoms with Crippen LogP contribution in [-0.4, -0.2) is 16.1 Å². The highest BCUT2D eigenvalue weighted by Crippen LogP contribution is 2.42. The van der Waals surface area contributed by atoms with Gasteiger partial charge in [0.1, 0.15) is 5.75 Å². The number of amides is 1. The minimum absolute atomic E-state index is 0.0383. The molecule has 0 saturated carbocycles. The lowest BCUT2D eigenvalue weighted by Gasteiger charge is -2.28. The second-order valence-corrected chi connectivity index (χ2v) is 8.23. The third-order valence-electron chi connectivity index (χ3n) is 3.94. The summed E-state index contributed by atoms with van der Waals surface area (Å²) < 4.78 is 1.19. The summed E-state index contributed by atoms with van der Waals surface area (Å²) >= 11 is 6.59. The maximum Gasteiger partial charge on any atom is 0.248 e. The number of nitrogen functional groups attached to an aromatic ring is 1. The highest BCUT2D eigenvalue weighted by Gasteiger charge is 2.29. The Morgan fingerprint density at radius 3 is 2.58 bits per heavy atom. The van der Waals surface area contributed by atoms with Crippen molar-refractivity contribution in [2.45, 2.75) is 20.0 Å². The van der Waals surface area contributed by atoms with E-state index in [1.54, 1.807) is 56.3 Å². The normalized spacial score (nSPS) is 13.0. The number of carbonyl (C=O) groups excluding carboxylic acids is 1. The average Bonchev–Trinajstić information content (AvgIpc) is 2.58. The minimum Gasteiger partial charge on any atom is -0.506 e. The number of phenols is 1. The number of halogens is 2. The fraction of sp³-hybridized carbons (Fsp3) is 0.211. The Morgan fingerprint density at radius 1 is 1.27 bits per heavy atom. The van der Waals surface area contributed by atoms with Gasteiger partial charge in [-0.25, -0.2) is 0 Å². The Kier molecular flexibility index (Phi) is 6.49. The number of benzene rings is 2. The Balaban J connectivity index is 2.18. The van der Waals surface area contributed by atoms with Crippen LogP contribution < -0.4 is 11.1 Å². The van der Waals surface area contributed by atoms with Crippen molar-refractivity contribution in [1.29, 1.82) is 0 Å². The first-order chi connectivity index (χ1) is 12.1. The smallest absolute Gasteiger partial charge is 0.248 e. The molecule has 0 radical (unpaired) electrons. The van der Waals surface area contributed by atoms with Crippen LogP contribution in [0.25, 0.3) is 0 Å². The number of aromatic hydroxyl groups is 1. The van der Waals surface area contributed by atoms with Gasteiger partial charge in [-0.15, -0.1) is 0 Å². The highest BCUT2D eigenvalue weighted by molar-refractivity contribution is 9.11. The first-order valence-electron chi connectivity index (χ1n) is 7.82. The Morgan fingerprint density at radius 2 is 1.92 bits per heavy atom. The van der Waals surface area contributed by atoms with Crippen LogP contribution >= 0.6 is 31.9 Å². The van der Waals surface area contributed by atoms with Crippen LogP contribution in [0.5, 0.6) is 5.75 Å². The van der Waals surface area contributed by atoms with Gasteiger partial charge >= 0.3 is 0 Å². The van der Waals surface area contributed by atoms with Gasteiger partial charge in [-0.3, -0.25) is 4.79 Å².